The standard InChI is InChI=1S/C25H21N3O2S/c1-18-23(31-25(27-18)20-12-6-3-7-13-20)24(29)28-26-16-21-14-8-9-15-22(21)30-17-19-10-4-2-5-11-19/h2-16H,17H2,1H3,(H,28,29)/b26-16+. The zero-order valence-electron chi connectivity index (χ0n) is 17.0. The maximum absolute atomic E-state index is 12.6. The number of thiazole rings is 1. The molecule has 3 aromatic carbocycles. The first-order valence-electron chi connectivity index (χ1n) is 9.83. The van der Waals surface area contributed by atoms with E-state index in [9.17, 15) is 4.79 Å². The van der Waals surface area contributed by atoms with Gasteiger partial charge in [-0.3, -0.25) is 4.79 Å². The number of carbonyl (C=O) groups is 1. The molecule has 0 aliphatic heterocycles. The highest BCUT2D eigenvalue weighted by atomic mass is 32.1. The van der Waals surface area contributed by atoms with E-state index in [-0.39, 0.29) is 5.91 Å². The summed E-state index contributed by atoms with van der Waals surface area (Å²) in [4.78, 5) is 17.7. The van der Waals surface area contributed by atoms with Crippen molar-refractivity contribution in [2.45, 2.75) is 13.5 Å². The van der Waals surface area contributed by atoms with Gasteiger partial charge in [0.15, 0.2) is 0 Å². The van der Waals surface area contributed by atoms with Gasteiger partial charge in [0.25, 0.3) is 5.91 Å². The Labute approximate surface area is 185 Å². The summed E-state index contributed by atoms with van der Waals surface area (Å²) in [5.74, 6) is 0.417. The number of hydrazone groups is 1. The third-order valence-corrected chi connectivity index (χ3v) is 5.75. The van der Waals surface area contributed by atoms with Gasteiger partial charge in [-0.1, -0.05) is 72.8 Å². The highest BCUT2D eigenvalue weighted by Crippen LogP contribution is 2.27. The second-order valence-corrected chi connectivity index (χ2v) is 7.81. The maximum atomic E-state index is 12.6. The Kier molecular flexibility index (Phi) is 6.50. The lowest BCUT2D eigenvalue weighted by Gasteiger charge is -2.08. The van der Waals surface area contributed by atoms with Crippen molar-refractivity contribution in [1.82, 2.24) is 10.4 Å². The first kappa shape index (κ1) is 20.5. The molecule has 0 aliphatic rings. The zero-order valence-corrected chi connectivity index (χ0v) is 17.8. The van der Waals surface area contributed by atoms with Crippen LogP contribution in [0.1, 0.15) is 26.5 Å². The molecule has 1 N–H and O–H groups in total. The van der Waals surface area contributed by atoms with Gasteiger partial charge in [0.2, 0.25) is 0 Å². The van der Waals surface area contributed by atoms with Crippen LogP contribution in [-0.4, -0.2) is 17.1 Å². The number of nitrogens with one attached hydrogen (secondary N) is 1. The van der Waals surface area contributed by atoms with E-state index in [1.165, 1.54) is 11.3 Å². The summed E-state index contributed by atoms with van der Waals surface area (Å²) in [6.07, 6.45) is 1.59. The third kappa shape index (κ3) is 5.24. The summed E-state index contributed by atoms with van der Waals surface area (Å²) in [5.41, 5.74) is 6.13. The number of nitrogens with zero attached hydrogens (tertiary/aromatic N) is 2. The van der Waals surface area contributed by atoms with Gasteiger partial charge in [-0.25, -0.2) is 10.4 Å². The molecule has 0 spiro atoms. The van der Waals surface area contributed by atoms with E-state index >= 15 is 0 Å². The van der Waals surface area contributed by atoms with Gasteiger partial charge in [0.05, 0.1) is 11.9 Å². The Morgan fingerprint density at radius 3 is 2.45 bits per heavy atom. The number of aryl methyl sites for hydroxylation is 1. The molecule has 1 aromatic heterocycles. The van der Waals surface area contributed by atoms with Crippen molar-refractivity contribution >= 4 is 23.5 Å². The van der Waals surface area contributed by atoms with Gasteiger partial charge in [0, 0.05) is 11.1 Å². The Hall–Kier alpha value is -3.77. The lowest BCUT2D eigenvalue weighted by molar-refractivity contribution is 0.0958. The van der Waals surface area contributed by atoms with Gasteiger partial charge in [-0.05, 0) is 24.6 Å². The second kappa shape index (κ2) is 9.82. The molecule has 0 fully saturated rings. The van der Waals surface area contributed by atoms with Crippen LogP contribution in [0.3, 0.4) is 0 Å². The molecule has 4 aromatic rings. The Balaban J connectivity index is 1.42. The van der Waals surface area contributed by atoms with Crippen molar-refractivity contribution in [2.24, 2.45) is 5.10 Å². The van der Waals surface area contributed by atoms with Crippen LogP contribution in [-0.2, 0) is 6.61 Å². The van der Waals surface area contributed by atoms with Crippen LogP contribution in [0.2, 0.25) is 0 Å². The van der Waals surface area contributed by atoms with Crippen LogP contribution in [0.4, 0.5) is 0 Å². The number of rotatable bonds is 7. The number of hydrogen-bond acceptors (Lipinski definition) is 5. The van der Waals surface area contributed by atoms with Gasteiger partial charge < -0.3 is 4.74 Å². The van der Waals surface area contributed by atoms with E-state index in [0.717, 1.165) is 21.7 Å². The third-order valence-electron chi connectivity index (χ3n) is 4.55. The maximum Gasteiger partial charge on any atom is 0.283 e. The molecule has 31 heavy (non-hydrogen) atoms. The largest absolute Gasteiger partial charge is 0.488 e. The van der Waals surface area contributed by atoms with Crippen LogP contribution < -0.4 is 10.2 Å². The van der Waals surface area contributed by atoms with Crippen molar-refractivity contribution in [2.75, 3.05) is 0 Å². The molecule has 0 radical (unpaired) electrons. The summed E-state index contributed by atoms with van der Waals surface area (Å²) in [6, 6.07) is 27.3. The van der Waals surface area contributed by atoms with Crippen LogP contribution >= 0.6 is 11.3 Å². The molecule has 0 saturated heterocycles. The average molecular weight is 428 g/mol. The van der Waals surface area contributed by atoms with Crippen LogP contribution in [0.5, 0.6) is 5.75 Å². The minimum absolute atomic E-state index is 0.281. The summed E-state index contributed by atoms with van der Waals surface area (Å²) in [7, 11) is 0. The predicted octanol–water partition coefficient (Wildman–Crippen LogP) is 5.46. The highest BCUT2D eigenvalue weighted by molar-refractivity contribution is 7.17. The summed E-state index contributed by atoms with van der Waals surface area (Å²) in [5, 5.41) is 4.94. The number of ether oxygens (including phenoxy) is 1. The van der Waals surface area contributed by atoms with Crippen LogP contribution in [0.25, 0.3) is 10.6 Å². The number of aromatic nitrogens is 1. The van der Waals surface area contributed by atoms with Crippen molar-refractivity contribution in [3.05, 3.63) is 107 Å². The minimum Gasteiger partial charge on any atom is -0.488 e. The lowest BCUT2D eigenvalue weighted by Crippen LogP contribution is -2.17. The molecule has 1 amide bonds. The Morgan fingerprint density at radius 2 is 1.68 bits per heavy atom. The fourth-order valence-electron chi connectivity index (χ4n) is 2.98. The quantitative estimate of drug-likeness (QED) is 0.315. The first-order valence-corrected chi connectivity index (χ1v) is 10.6. The van der Waals surface area contributed by atoms with Crippen molar-refractivity contribution in [3.63, 3.8) is 0 Å². The number of benzene rings is 3. The van der Waals surface area contributed by atoms with Crippen molar-refractivity contribution in [3.8, 4) is 16.3 Å². The molecule has 0 aliphatic carbocycles. The smallest absolute Gasteiger partial charge is 0.283 e. The Morgan fingerprint density at radius 1 is 1.00 bits per heavy atom. The van der Waals surface area contributed by atoms with E-state index in [4.69, 9.17) is 4.74 Å². The molecule has 0 atom stereocenters. The molecule has 6 heteroatoms. The molecule has 0 unspecified atom stereocenters. The monoisotopic (exact) mass is 427 g/mol. The van der Waals surface area contributed by atoms with E-state index in [0.29, 0.717) is 22.9 Å². The zero-order chi connectivity index (χ0) is 21.5. The van der Waals surface area contributed by atoms with Gasteiger partial charge in [0.1, 0.15) is 22.2 Å². The fourth-order valence-corrected chi connectivity index (χ4v) is 3.94. The number of amides is 1. The van der Waals surface area contributed by atoms with Gasteiger partial charge in [-0.2, -0.15) is 5.10 Å². The second-order valence-electron chi connectivity index (χ2n) is 6.81. The van der Waals surface area contributed by atoms with E-state index < -0.39 is 0 Å². The van der Waals surface area contributed by atoms with Crippen LogP contribution in [0.15, 0.2) is 90.0 Å². The minimum atomic E-state index is -0.281. The van der Waals surface area contributed by atoms with E-state index in [1.807, 2.05) is 91.9 Å². The fraction of sp³-hybridized carbons (Fsp3) is 0.0800. The van der Waals surface area contributed by atoms with E-state index in [1.54, 1.807) is 6.21 Å². The van der Waals surface area contributed by atoms with Crippen molar-refractivity contribution < 1.29 is 9.53 Å². The molecule has 0 bridgehead atoms. The Bertz CT molecular complexity index is 1190. The SMILES string of the molecule is Cc1nc(-c2ccccc2)sc1C(=O)N/N=C/c1ccccc1OCc1ccccc1. The number of hydrogen-bond donors (Lipinski definition) is 1. The summed E-state index contributed by atoms with van der Waals surface area (Å²) >= 11 is 1.35. The van der Waals surface area contributed by atoms with E-state index in [2.05, 4.69) is 15.5 Å². The topological polar surface area (TPSA) is 63.6 Å². The molecule has 1 heterocycles. The lowest BCUT2D eigenvalue weighted by atomic mass is 10.2. The van der Waals surface area contributed by atoms with Gasteiger partial charge in [-0.15, -0.1) is 11.3 Å². The molecule has 0 saturated carbocycles. The first-order chi connectivity index (χ1) is 15.2. The summed E-state index contributed by atoms with van der Waals surface area (Å²) < 4.78 is 5.92. The number of carbonyl (C=O) groups excluding carboxylic acids is 1. The number of para-hydroxylation sites is 1. The van der Waals surface area contributed by atoms with Gasteiger partial charge >= 0.3 is 0 Å². The molecular formula is C25H21N3O2S. The molecule has 5 nitrogen and oxygen atoms in total. The molecular weight excluding hydrogens is 406 g/mol. The molecule has 4 rings (SSSR count). The predicted molar refractivity (Wildman–Crippen MR) is 125 cm³/mol. The highest BCUT2D eigenvalue weighted by Gasteiger charge is 2.15. The van der Waals surface area contributed by atoms with Crippen molar-refractivity contribution in [1.29, 1.82) is 0 Å². The molecule has 154 valence electrons. The van der Waals surface area contributed by atoms with Crippen LogP contribution in [0, 0.1) is 6.92 Å². The summed E-state index contributed by atoms with van der Waals surface area (Å²) in [6.45, 7) is 2.29. The average Bonchev–Trinajstić information content (AvgIpc) is 3.21. The normalized spacial score (nSPS) is 10.9.